The third-order valence-electron chi connectivity index (χ3n) is 1.50. The lowest BCUT2D eigenvalue weighted by atomic mass is 10.2. The van der Waals surface area contributed by atoms with Crippen LogP contribution in [0.15, 0.2) is 36.1 Å². The fourth-order valence-corrected chi connectivity index (χ4v) is 1.63. The van der Waals surface area contributed by atoms with Gasteiger partial charge in [0.2, 0.25) is 8.03 Å². The van der Waals surface area contributed by atoms with Gasteiger partial charge in [-0.1, -0.05) is 30.3 Å². The first kappa shape index (κ1) is 10.2. The van der Waals surface area contributed by atoms with Crippen molar-refractivity contribution in [2.75, 3.05) is 6.61 Å². The van der Waals surface area contributed by atoms with Gasteiger partial charge in [0.1, 0.15) is 0 Å². The summed E-state index contributed by atoms with van der Waals surface area (Å²) in [4.78, 5) is 0. The Bertz CT molecular complexity index is 293. The molecule has 0 heterocycles. The summed E-state index contributed by atoms with van der Waals surface area (Å²) in [5.41, 5.74) is 1.04. The molecule has 0 fully saturated rings. The van der Waals surface area contributed by atoms with Crippen LogP contribution in [0.3, 0.4) is 0 Å². The van der Waals surface area contributed by atoms with Gasteiger partial charge in [-0.15, -0.1) is 0 Å². The number of hydrogen-bond donors (Lipinski definition) is 0. The molecule has 1 unspecified atom stereocenters. The summed E-state index contributed by atoms with van der Waals surface area (Å²) in [5, 5.41) is 0. The average molecular weight is 196 g/mol. The van der Waals surface area contributed by atoms with Gasteiger partial charge in [-0.2, -0.15) is 0 Å². The van der Waals surface area contributed by atoms with Crippen LogP contribution in [0.25, 0.3) is 6.08 Å². The zero-order chi connectivity index (χ0) is 9.52. The predicted molar refractivity (Wildman–Crippen MR) is 56.1 cm³/mol. The van der Waals surface area contributed by atoms with Crippen molar-refractivity contribution in [1.29, 1.82) is 0 Å². The van der Waals surface area contributed by atoms with Crippen molar-refractivity contribution in [3.63, 3.8) is 0 Å². The van der Waals surface area contributed by atoms with Crippen LogP contribution < -0.4 is 0 Å². The maximum absolute atomic E-state index is 11.1. The highest BCUT2D eigenvalue weighted by Gasteiger charge is 1.89. The molecule has 0 radical (unpaired) electrons. The topological polar surface area (TPSA) is 26.3 Å². The molecular formula is C10H13O2P. The number of hydrogen-bond acceptors (Lipinski definition) is 2. The number of benzene rings is 1. The Morgan fingerprint density at radius 1 is 1.38 bits per heavy atom. The van der Waals surface area contributed by atoms with Crippen molar-refractivity contribution in [3.8, 4) is 0 Å². The van der Waals surface area contributed by atoms with Crippen molar-refractivity contribution in [3.05, 3.63) is 41.7 Å². The van der Waals surface area contributed by atoms with E-state index in [0.717, 1.165) is 5.56 Å². The van der Waals surface area contributed by atoms with Crippen LogP contribution in [-0.4, -0.2) is 6.61 Å². The summed E-state index contributed by atoms with van der Waals surface area (Å²) >= 11 is 0. The minimum atomic E-state index is -1.97. The quantitative estimate of drug-likeness (QED) is 0.691. The Kier molecular flexibility index (Phi) is 4.52. The van der Waals surface area contributed by atoms with Gasteiger partial charge in [-0.25, -0.2) is 0 Å². The van der Waals surface area contributed by atoms with E-state index in [1.54, 1.807) is 5.82 Å². The van der Waals surface area contributed by atoms with Gasteiger partial charge in [-0.3, -0.25) is 4.57 Å². The first-order valence-corrected chi connectivity index (χ1v) is 5.62. The van der Waals surface area contributed by atoms with E-state index in [2.05, 4.69) is 0 Å². The second-order valence-electron chi connectivity index (χ2n) is 2.50. The molecule has 0 saturated heterocycles. The van der Waals surface area contributed by atoms with E-state index < -0.39 is 8.03 Å². The average Bonchev–Trinajstić information content (AvgIpc) is 2.17. The molecule has 2 nitrogen and oxygen atoms in total. The van der Waals surface area contributed by atoms with Crippen molar-refractivity contribution >= 4 is 14.1 Å². The zero-order valence-electron chi connectivity index (χ0n) is 7.57. The fourth-order valence-electron chi connectivity index (χ4n) is 0.919. The molecule has 0 aliphatic heterocycles. The Hall–Kier alpha value is -0.850. The molecule has 0 aliphatic carbocycles. The highest BCUT2D eigenvalue weighted by Crippen LogP contribution is 2.24. The Morgan fingerprint density at radius 3 is 2.69 bits per heavy atom. The van der Waals surface area contributed by atoms with Crippen molar-refractivity contribution in [2.24, 2.45) is 0 Å². The van der Waals surface area contributed by atoms with Crippen LogP contribution in [0.2, 0.25) is 0 Å². The number of rotatable bonds is 4. The molecule has 0 bridgehead atoms. The fraction of sp³-hybridized carbons (Fsp3) is 0.200. The van der Waals surface area contributed by atoms with Gasteiger partial charge in [0, 0.05) is 0 Å². The molecule has 0 saturated carbocycles. The van der Waals surface area contributed by atoms with E-state index in [1.807, 2.05) is 43.3 Å². The van der Waals surface area contributed by atoms with Crippen molar-refractivity contribution < 1.29 is 9.09 Å². The Balaban J connectivity index is 2.54. The molecule has 1 rings (SSSR count). The second-order valence-corrected chi connectivity index (χ2v) is 3.76. The van der Waals surface area contributed by atoms with Crippen LogP contribution in [0.5, 0.6) is 0 Å². The van der Waals surface area contributed by atoms with Crippen LogP contribution in [0.4, 0.5) is 0 Å². The maximum atomic E-state index is 11.1. The highest BCUT2D eigenvalue weighted by atomic mass is 31.1. The lowest BCUT2D eigenvalue weighted by Gasteiger charge is -1.94. The second kappa shape index (κ2) is 5.74. The molecule has 13 heavy (non-hydrogen) atoms. The van der Waals surface area contributed by atoms with Gasteiger partial charge < -0.3 is 4.52 Å². The van der Waals surface area contributed by atoms with Gasteiger partial charge in [0.15, 0.2) is 0 Å². The maximum Gasteiger partial charge on any atom is 0.213 e. The van der Waals surface area contributed by atoms with E-state index in [0.29, 0.717) is 6.61 Å². The predicted octanol–water partition coefficient (Wildman–Crippen LogP) is 3.17. The van der Waals surface area contributed by atoms with E-state index >= 15 is 0 Å². The van der Waals surface area contributed by atoms with Crippen LogP contribution in [0.1, 0.15) is 12.5 Å². The van der Waals surface area contributed by atoms with Crippen LogP contribution >= 0.6 is 8.03 Å². The van der Waals surface area contributed by atoms with E-state index in [4.69, 9.17) is 4.52 Å². The first-order valence-electron chi connectivity index (χ1n) is 4.23. The molecule has 0 amide bonds. The molecule has 1 aromatic rings. The molecule has 1 atom stereocenters. The van der Waals surface area contributed by atoms with Crippen LogP contribution in [-0.2, 0) is 9.09 Å². The molecule has 0 aromatic heterocycles. The molecule has 0 spiro atoms. The molecular weight excluding hydrogens is 183 g/mol. The van der Waals surface area contributed by atoms with E-state index in [-0.39, 0.29) is 0 Å². The van der Waals surface area contributed by atoms with Crippen LogP contribution in [0, 0.1) is 0 Å². The van der Waals surface area contributed by atoms with Gasteiger partial charge in [0.05, 0.1) is 6.61 Å². The highest BCUT2D eigenvalue weighted by molar-refractivity contribution is 7.43. The minimum absolute atomic E-state index is 0.497. The minimum Gasteiger partial charge on any atom is -0.328 e. The molecule has 0 N–H and O–H groups in total. The zero-order valence-corrected chi connectivity index (χ0v) is 8.57. The third-order valence-corrected chi connectivity index (χ3v) is 2.51. The molecule has 0 aliphatic rings. The van der Waals surface area contributed by atoms with Gasteiger partial charge >= 0.3 is 0 Å². The standard InChI is InChI=1S/C10H13O2P/c1-2-12-13(11)9-8-10-6-4-3-5-7-10/h3-9,13H,2H2,1H3. The largest absolute Gasteiger partial charge is 0.328 e. The lowest BCUT2D eigenvalue weighted by Crippen LogP contribution is -1.73. The molecule has 70 valence electrons. The monoisotopic (exact) mass is 196 g/mol. The molecule has 3 heteroatoms. The van der Waals surface area contributed by atoms with Gasteiger partial charge in [-0.05, 0) is 24.4 Å². The summed E-state index contributed by atoms with van der Waals surface area (Å²) in [7, 11) is -1.97. The Labute approximate surface area is 79.1 Å². The smallest absolute Gasteiger partial charge is 0.213 e. The summed E-state index contributed by atoms with van der Waals surface area (Å²) in [6.45, 7) is 2.33. The summed E-state index contributed by atoms with van der Waals surface area (Å²) in [5.74, 6) is 1.61. The van der Waals surface area contributed by atoms with E-state index in [9.17, 15) is 4.57 Å². The summed E-state index contributed by atoms with van der Waals surface area (Å²) < 4.78 is 16.0. The van der Waals surface area contributed by atoms with Crippen molar-refractivity contribution in [1.82, 2.24) is 0 Å². The third kappa shape index (κ3) is 4.07. The Morgan fingerprint density at radius 2 is 2.08 bits per heavy atom. The SMILES string of the molecule is CCO[PH](=O)C=Cc1ccccc1. The molecule has 1 aromatic carbocycles. The first-order chi connectivity index (χ1) is 6.33. The van der Waals surface area contributed by atoms with E-state index in [1.165, 1.54) is 0 Å². The van der Waals surface area contributed by atoms with Gasteiger partial charge in [0.25, 0.3) is 0 Å². The summed E-state index contributed by atoms with van der Waals surface area (Å²) in [6, 6.07) is 9.74. The van der Waals surface area contributed by atoms with Crippen molar-refractivity contribution in [2.45, 2.75) is 6.92 Å². The summed E-state index contributed by atoms with van der Waals surface area (Å²) in [6.07, 6.45) is 1.82. The normalized spacial score (nSPS) is 13.3. The lowest BCUT2D eigenvalue weighted by molar-refractivity contribution is 0.356.